The van der Waals surface area contributed by atoms with E-state index in [2.05, 4.69) is 15.0 Å². The minimum atomic E-state index is -1.01. The number of nitrogens with zero attached hydrogens (tertiary/aromatic N) is 3. The van der Waals surface area contributed by atoms with Crippen molar-refractivity contribution in [2.75, 3.05) is 0 Å². The number of pyridine rings is 1. The van der Waals surface area contributed by atoms with Crippen molar-refractivity contribution >= 4 is 38.9 Å². The standard InChI is InChI=1S/C16H9N3O2/c20-16(21)10-3-1-5-12-15(10)19-14-9-4-2-8-17-11(9)6-7-13(14)18-12/h1-8H,(H,20,21). The molecule has 0 aliphatic heterocycles. The Hall–Kier alpha value is -3.08. The molecule has 4 rings (SSSR count). The van der Waals surface area contributed by atoms with Gasteiger partial charge in [0.05, 0.1) is 27.6 Å². The number of aromatic nitrogens is 3. The second-order valence-electron chi connectivity index (χ2n) is 4.71. The molecular formula is C16H9N3O2. The number of carboxylic acid groups (broad SMARTS) is 1. The van der Waals surface area contributed by atoms with E-state index in [1.807, 2.05) is 24.3 Å². The molecule has 0 unspecified atom stereocenters. The van der Waals surface area contributed by atoms with E-state index in [-0.39, 0.29) is 5.56 Å². The maximum Gasteiger partial charge on any atom is 0.337 e. The highest BCUT2D eigenvalue weighted by atomic mass is 16.4. The molecule has 0 radical (unpaired) electrons. The average Bonchev–Trinajstić information content (AvgIpc) is 2.52. The van der Waals surface area contributed by atoms with Gasteiger partial charge in [-0.2, -0.15) is 0 Å². The number of rotatable bonds is 1. The molecule has 5 nitrogen and oxygen atoms in total. The maximum atomic E-state index is 11.3. The van der Waals surface area contributed by atoms with Gasteiger partial charge in [-0.05, 0) is 36.4 Å². The largest absolute Gasteiger partial charge is 0.478 e. The van der Waals surface area contributed by atoms with Crippen molar-refractivity contribution in [3.8, 4) is 0 Å². The fraction of sp³-hybridized carbons (Fsp3) is 0. The first-order valence-electron chi connectivity index (χ1n) is 6.41. The molecule has 100 valence electrons. The number of hydrogen-bond donors (Lipinski definition) is 1. The quantitative estimate of drug-likeness (QED) is 0.427. The SMILES string of the molecule is O=C(O)c1cccc2nc3ccc4ncccc4c3nc12. The molecule has 4 aromatic rings. The zero-order chi connectivity index (χ0) is 14.4. The highest BCUT2D eigenvalue weighted by molar-refractivity contribution is 6.07. The van der Waals surface area contributed by atoms with Crippen molar-refractivity contribution in [3.05, 3.63) is 54.2 Å². The van der Waals surface area contributed by atoms with Gasteiger partial charge in [-0.1, -0.05) is 6.07 Å². The molecule has 0 saturated carbocycles. The summed E-state index contributed by atoms with van der Waals surface area (Å²) in [6.45, 7) is 0. The smallest absolute Gasteiger partial charge is 0.337 e. The first kappa shape index (κ1) is 11.7. The third-order valence-corrected chi connectivity index (χ3v) is 3.44. The third kappa shape index (κ3) is 1.71. The Labute approximate surface area is 118 Å². The summed E-state index contributed by atoms with van der Waals surface area (Å²) < 4.78 is 0. The normalized spacial score (nSPS) is 11.2. The predicted molar refractivity (Wildman–Crippen MR) is 79.3 cm³/mol. The lowest BCUT2D eigenvalue weighted by Crippen LogP contribution is -2.00. The van der Waals surface area contributed by atoms with E-state index in [0.717, 1.165) is 16.4 Å². The van der Waals surface area contributed by atoms with E-state index in [4.69, 9.17) is 0 Å². The van der Waals surface area contributed by atoms with Crippen LogP contribution in [-0.2, 0) is 0 Å². The van der Waals surface area contributed by atoms with Gasteiger partial charge in [0.2, 0.25) is 0 Å². The Kier molecular flexibility index (Phi) is 2.35. The molecule has 0 fully saturated rings. The van der Waals surface area contributed by atoms with Crippen LogP contribution in [0.4, 0.5) is 0 Å². The maximum absolute atomic E-state index is 11.3. The topological polar surface area (TPSA) is 76.0 Å². The van der Waals surface area contributed by atoms with E-state index < -0.39 is 5.97 Å². The van der Waals surface area contributed by atoms with Crippen LogP contribution in [0.3, 0.4) is 0 Å². The second-order valence-corrected chi connectivity index (χ2v) is 4.71. The van der Waals surface area contributed by atoms with Crippen molar-refractivity contribution in [3.63, 3.8) is 0 Å². The average molecular weight is 275 g/mol. The van der Waals surface area contributed by atoms with Crippen LogP contribution >= 0.6 is 0 Å². The summed E-state index contributed by atoms with van der Waals surface area (Å²) in [5.41, 5.74) is 3.33. The summed E-state index contributed by atoms with van der Waals surface area (Å²) in [4.78, 5) is 24.7. The molecule has 2 aromatic carbocycles. The minimum absolute atomic E-state index is 0.155. The Morgan fingerprint density at radius 1 is 0.857 bits per heavy atom. The van der Waals surface area contributed by atoms with E-state index in [1.165, 1.54) is 6.07 Å². The van der Waals surface area contributed by atoms with Crippen molar-refractivity contribution in [2.24, 2.45) is 0 Å². The lowest BCUT2D eigenvalue weighted by molar-refractivity contribution is 0.0699. The number of hydrogen-bond acceptors (Lipinski definition) is 4. The molecule has 0 amide bonds. The fourth-order valence-corrected chi connectivity index (χ4v) is 2.49. The van der Waals surface area contributed by atoms with Crippen LogP contribution in [0, 0.1) is 0 Å². The van der Waals surface area contributed by atoms with Gasteiger partial charge in [0, 0.05) is 11.6 Å². The van der Waals surface area contributed by atoms with Crippen LogP contribution in [-0.4, -0.2) is 26.0 Å². The van der Waals surface area contributed by atoms with Crippen LogP contribution in [0.2, 0.25) is 0 Å². The van der Waals surface area contributed by atoms with Crippen molar-refractivity contribution < 1.29 is 9.90 Å². The van der Waals surface area contributed by atoms with E-state index >= 15 is 0 Å². The van der Waals surface area contributed by atoms with E-state index in [0.29, 0.717) is 16.6 Å². The predicted octanol–water partition coefficient (Wildman–Crippen LogP) is 3.03. The Morgan fingerprint density at radius 3 is 2.52 bits per heavy atom. The first-order valence-corrected chi connectivity index (χ1v) is 6.41. The van der Waals surface area contributed by atoms with Crippen molar-refractivity contribution in [1.82, 2.24) is 15.0 Å². The van der Waals surface area contributed by atoms with Gasteiger partial charge < -0.3 is 5.11 Å². The Morgan fingerprint density at radius 2 is 1.67 bits per heavy atom. The molecule has 0 aliphatic carbocycles. The summed E-state index contributed by atoms with van der Waals surface area (Å²) >= 11 is 0. The number of para-hydroxylation sites is 1. The summed E-state index contributed by atoms with van der Waals surface area (Å²) in [6, 6.07) is 12.5. The summed E-state index contributed by atoms with van der Waals surface area (Å²) in [5, 5.41) is 10.2. The minimum Gasteiger partial charge on any atom is -0.478 e. The summed E-state index contributed by atoms with van der Waals surface area (Å²) in [7, 11) is 0. The molecule has 2 aromatic heterocycles. The summed E-state index contributed by atoms with van der Waals surface area (Å²) in [5.74, 6) is -1.01. The van der Waals surface area contributed by atoms with E-state index in [9.17, 15) is 9.90 Å². The highest BCUT2D eigenvalue weighted by Gasteiger charge is 2.12. The van der Waals surface area contributed by atoms with E-state index in [1.54, 1.807) is 18.3 Å². The van der Waals surface area contributed by atoms with Crippen LogP contribution in [0.1, 0.15) is 10.4 Å². The molecule has 0 spiro atoms. The lowest BCUT2D eigenvalue weighted by Gasteiger charge is -2.06. The lowest BCUT2D eigenvalue weighted by atomic mass is 10.1. The highest BCUT2D eigenvalue weighted by Crippen LogP contribution is 2.24. The number of carboxylic acids is 1. The van der Waals surface area contributed by atoms with Gasteiger partial charge in [-0.15, -0.1) is 0 Å². The summed E-state index contributed by atoms with van der Waals surface area (Å²) in [6.07, 6.45) is 1.71. The Bertz CT molecular complexity index is 1030. The van der Waals surface area contributed by atoms with Crippen LogP contribution in [0.15, 0.2) is 48.7 Å². The van der Waals surface area contributed by atoms with Crippen molar-refractivity contribution in [1.29, 1.82) is 0 Å². The van der Waals surface area contributed by atoms with Crippen LogP contribution < -0.4 is 0 Å². The number of carbonyl (C=O) groups is 1. The number of fused-ring (bicyclic) bond motifs is 4. The first-order chi connectivity index (χ1) is 10.2. The third-order valence-electron chi connectivity index (χ3n) is 3.44. The molecule has 5 heteroatoms. The molecule has 21 heavy (non-hydrogen) atoms. The molecule has 1 N–H and O–H groups in total. The zero-order valence-electron chi connectivity index (χ0n) is 10.8. The second kappa shape index (κ2) is 4.21. The molecule has 0 saturated heterocycles. The van der Waals surface area contributed by atoms with Crippen LogP contribution in [0.25, 0.3) is 33.0 Å². The zero-order valence-corrected chi connectivity index (χ0v) is 10.8. The fourth-order valence-electron chi connectivity index (χ4n) is 2.49. The van der Waals surface area contributed by atoms with Gasteiger partial charge in [-0.25, -0.2) is 14.8 Å². The monoisotopic (exact) mass is 275 g/mol. The molecule has 0 aliphatic rings. The van der Waals surface area contributed by atoms with Gasteiger partial charge in [-0.3, -0.25) is 4.98 Å². The van der Waals surface area contributed by atoms with Gasteiger partial charge in [0.1, 0.15) is 5.52 Å². The van der Waals surface area contributed by atoms with Crippen LogP contribution in [0.5, 0.6) is 0 Å². The molecule has 0 bridgehead atoms. The van der Waals surface area contributed by atoms with Crippen molar-refractivity contribution in [2.45, 2.75) is 0 Å². The Balaban J connectivity index is 2.23. The van der Waals surface area contributed by atoms with Gasteiger partial charge in [0.25, 0.3) is 0 Å². The van der Waals surface area contributed by atoms with Gasteiger partial charge in [0.15, 0.2) is 0 Å². The van der Waals surface area contributed by atoms with Gasteiger partial charge >= 0.3 is 5.97 Å². The number of benzene rings is 2. The molecular weight excluding hydrogens is 266 g/mol. The molecule has 2 heterocycles. The number of aromatic carboxylic acids is 1. The molecule has 0 atom stereocenters.